The molecule has 0 atom stereocenters. The number of hydrogen-bond acceptors (Lipinski definition) is 5. The Morgan fingerprint density at radius 3 is 2.16 bits per heavy atom. The van der Waals surface area contributed by atoms with E-state index in [9.17, 15) is 13.2 Å². The Bertz CT molecular complexity index is 1180. The van der Waals surface area contributed by atoms with Gasteiger partial charge in [0, 0.05) is 0 Å². The highest BCUT2D eigenvalue weighted by molar-refractivity contribution is 7.92. The molecular formula is C24H25N3O4S. The van der Waals surface area contributed by atoms with E-state index in [0.717, 1.165) is 15.4 Å². The third kappa shape index (κ3) is 5.47. The van der Waals surface area contributed by atoms with Gasteiger partial charge in [-0.2, -0.15) is 0 Å². The molecule has 7 nitrogen and oxygen atoms in total. The summed E-state index contributed by atoms with van der Waals surface area (Å²) in [6.07, 6.45) is 0. The number of carbonyl (C=O) groups is 1. The van der Waals surface area contributed by atoms with Crippen molar-refractivity contribution in [3.8, 4) is 5.75 Å². The van der Waals surface area contributed by atoms with E-state index in [0.29, 0.717) is 17.1 Å². The number of amides is 1. The molecule has 0 aliphatic rings. The van der Waals surface area contributed by atoms with E-state index < -0.39 is 22.5 Å². The zero-order valence-corrected chi connectivity index (χ0v) is 18.7. The highest BCUT2D eigenvalue weighted by Crippen LogP contribution is 2.25. The number of rotatable bonds is 9. The van der Waals surface area contributed by atoms with Gasteiger partial charge in [0.2, 0.25) is 0 Å². The van der Waals surface area contributed by atoms with Gasteiger partial charge in [-0.3, -0.25) is 20.0 Å². The SMILES string of the molecule is C=C(NNC(=O)CN(c1ccc(OC)cc1)S(=O)(=O)c1ccccc1)c1ccc(C)cc1. The maximum Gasteiger partial charge on any atom is 0.264 e. The van der Waals surface area contributed by atoms with Crippen LogP contribution in [-0.2, 0) is 14.8 Å². The fraction of sp³-hybridized carbons (Fsp3) is 0.125. The molecule has 0 saturated heterocycles. The van der Waals surface area contributed by atoms with Gasteiger partial charge in [-0.05, 0) is 48.9 Å². The molecule has 8 heteroatoms. The molecule has 32 heavy (non-hydrogen) atoms. The van der Waals surface area contributed by atoms with Crippen LogP contribution in [0.3, 0.4) is 0 Å². The number of nitrogens with one attached hydrogen (secondary N) is 2. The van der Waals surface area contributed by atoms with Gasteiger partial charge in [0.1, 0.15) is 12.3 Å². The summed E-state index contributed by atoms with van der Waals surface area (Å²) >= 11 is 0. The maximum atomic E-state index is 13.3. The summed E-state index contributed by atoms with van der Waals surface area (Å²) in [5, 5.41) is 0. The monoisotopic (exact) mass is 451 g/mol. The summed E-state index contributed by atoms with van der Waals surface area (Å²) in [5.74, 6) is 0.0277. The Kier molecular flexibility index (Phi) is 7.17. The van der Waals surface area contributed by atoms with E-state index in [4.69, 9.17) is 4.74 Å². The lowest BCUT2D eigenvalue weighted by Gasteiger charge is -2.24. The number of sulfonamides is 1. The minimum absolute atomic E-state index is 0.0839. The molecule has 0 heterocycles. The molecule has 0 aliphatic carbocycles. The molecule has 0 saturated carbocycles. The normalized spacial score (nSPS) is 10.8. The molecule has 0 bridgehead atoms. The second-order valence-electron chi connectivity index (χ2n) is 7.04. The molecule has 166 valence electrons. The molecule has 3 aromatic rings. The number of hydrazine groups is 1. The highest BCUT2D eigenvalue weighted by atomic mass is 32.2. The fourth-order valence-corrected chi connectivity index (χ4v) is 4.37. The van der Waals surface area contributed by atoms with Crippen molar-refractivity contribution in [2.75, 3.05) is 18.0 Å². The second kappa shape index (κ2) is 10.0. The maximum absolute atomic E-state index is 13.3. The van der Waals surface area contributed by atoms with Crippen molar-refractivity contribution in [2.24, 2.45) is 0 Å². The largest absolute Gasteiger partial charge is 0.497 e. The second-order valence-corrected chi connectivity index (χ2v) is 8.90. The molecule has 0 spiro atoms. The number of anilines is 1. The van der Waals surface area contributed by atoms with Crippen molar-refractivity contribution in [1.29, 1.82) is 0 Å². The molecule has 1 amide bonds. The van der Waals surface area contributed by atoms with Crippen LogP contribution in [0.25, 0.3) is 5.70 Å². The van der Waals surface area contributed by atoms with Crippen LogP contribution in [0, 0.1) is 6.92 Å². The number of benzene rings is 3. The molecule has 3 aromatic carbocycles. The van der Waals surface area contributed by atoms with E-state index in [1.807, 2.05) is 31.2 Å². The summed E-state index contributed by atoms with van der Waals surface area (Å²) in [4.78, 5) is 12.8. The van der Waals surface area contributed by atoms with Crippen molar-refractivity contribution in [2.45, 2.75) is 11.8 Å². The average molecular weight is 452 g/mol. The summed E-state index contributed by atoms with van der Waals surface area (Å²) in [5.41, 5.74) is 8.00. The van der Waals surface area contributed by atoms with Crippen molar-refractivity contribution >= 4 is 27.3 Å². The third-order valence-corrected chi connectivity index (χ3v) is 6.52. The Hall–Kier alpha value is -3.78. The number of carbonyl (C=O) groups excluding carboxylic acids is 1. The molecule has 0 fully saturated rings. The quantitative estimate of drug-likeness (QED) is 0.486. The summed E-state index contributed by atoms with van der Waals surface area (Å²) in [7, 11) is -2.46. The van der Waals surface area contributed by atoms with Crippen LogP contribution < -0.4 is 19.9 Å². The molecular weight excluding hydrogens is 426 g/mol. The van der Waals surface area contributed by atoms with Gasteiger partial charge in [0.05, 0.1) is 23.4 Å². The van der Waals surface area contributed by atoms with Crippen molar-refractivity contribution < 1.29 is 17.9 Å². The number of hydrogen-bond donors (Lipinski definition) is 2. The average Bonchev–Trinajstić information content (AvgIpc) is 2.82. The lowest BCUT2D eigenvalue weighted by molar-refractivity contribution is -0.120. The van der Waals surface area contributed by atoms with E-state index in [-0.39, 0.29) is 4.90 Å². The Balaban J connectivity index is 1.79. The molecule has 3 rings (SSSR count). The van der Waals surface area contributed by atoms with E-state index in [1.165, 1.54) is 19.2 Å². The van der Waals surface area contributed by atoms with Crippen LogP contribution in [0.1, 0.15) is 11.1 Å². The molecule has 0 aromatic heterocycles. The fourth-order valence-electron chi connectivity index (χ4n) is 2.93. The molecule has 2 N–H and O–H groups in total. The Morgan fingerprint density at radius 1 is 0.938 bits per heavy atom. The van der Waals surface area contributed by atoms with Crippen molar-refractivity contribution in [1.82, 2.24) is 10.9 Å². The van der Waals surface area contributed by atoms with E-state index >= 15 is 0 Å². The lowest BCUT2D eigenvalue weighted by atomic mass is 10.1. The number of ether oxygens (including phenoxy) is 1. The van der Waals surface area contributed by atoms with Crippen LogP contribution >= 0.6 is 0 Å². The summed E-state index contributed by atoms with van der Waals surface area (Å²) in [6.45, 7) is 5.45. The minimum Gasteiger partial charge on any atom is -0.497 e. The predicted octanol–water partition coefficient (Wildman–Crippen LogP) is 3.49. The van der Waals surface area contributed by atoms with Gasteiger partial charge >= 0.3 is 0 Å². The van der Waals surface area contributed by atoms with Gasteiger partial charge in [0.15, 0.2) is 0 Å². The predicted molar refractivity (Wildman–Crippen MR) is 125 cm³/mol. The number of nitrogens with zero attached hydrogens (tertiary/aromatic N) is 1. The molecule has 0 aliphatic heterocycles. The van der Waals surface area contributed by atoms with E-state index in [2.05, 4.69) is 17.4 Å². The topological polar surface area (TPSA) is 87.7 Å². The molecule has 0 radical (unpaired) electrons. The van der Waals surface area contributed by atoms with Crippen LogP contribution in [0.2, 0.25) is 0 Å². The minimum atomic E-state index is -3.98. The number of methoxy groups -OCH3 is 1. The highest BCUT2D eigenvalue weighted by Gasteiger charge is 2.27. The Morgan fingerprint density at radius 2 is 1.56 bits per heavy atom. The smallest absolute Gasteiger partial charge is 0.264 e. The first kappa shape index (κ1) is 22.9. The van der Waals surface area contributed by atoms with Gasteiger partial charge in [-0.1, -0.05) is 54.6 Å². The Labute approximate surface area is 188 Å². The van der Waals surface area contributed by atoms with Crippen molar-refractivity contribution in [3.63, 3.8) is 0 Å². The third-order valence-electron chi connectivity index (χ3n) is 4.73. The number of aryl methyl sites for hydroxylation is 1. The standard InChI is InChI=1S/C24H25N3O4S/c1-18-9-11-20(12-10-18)19(2)25-26-24(28)17-27(21-13-15-22(31-3)16-14-21)32(29,30)23-7-5-4-6-8-23/h4-16,25H,2,17H2,1,3H3,(H,26,28). The van der Waals surface area contributed by atoms with Gasteiger partial charge in [-0.25, -0.2) is 8.42 Å². The van der Waals surface area contributed by atoms with E-state index in [1.54, 1.807) is 42.5 Å². The zero-order valence-electron chi connectivity index (χ0n) is 17.9. The van der Waals surface area contributed by atoms with Crippen LogP contribution in [0.15, 0.2) is 90.3 Å². The van der Waals surface area contributed by atoms with Crippen LogP contribution in [0.4, 0.5) is 5.69 Å². The lowest BCUT2D eigenvalue weighted by Crippen LogP contribution is -2.45. The zero-order chi connectivity index (χ0) is 23.1. The van der Waals surface area contributed by atoms with Crippen LogP contribution in [-0.4, -0.2) is 28.0 Å². The molecule has 0 unspecified atom stereocenters. The van der Waals surface area contributed by atoms with Crippen LogP contribution in [0.5, 0.6) is 5.75 Å². The van der Waals surface area contributed by atoms with Gasteiger partial charge < -0.3 is 4.74 Å². The van der Waals surface area contributed by atoms with Gasteiger partial charge in [0.25, 0.3) is 15.9 Å². The summed E-state index contributed by atoms with van der Waals surface area (Å²) in [6, 6.07) is 22.0. The first-order valence-electron chi connectivity index (χ1n) is 9.84. The first-order valence-corrected chi connectivity index (χ1v) is 11.3. The first-order chi connectivity index (χ1) is 15.3. The van der Waals surface area contributed by atoms with Crippen molar-refractivity contribution in [3.05, 3.63) is 96.6 Å². The summed E-state index contributed by atoms with van der Waals surface area (Å²) < 4.78 is 32.8. The van der Waals surface area contributed by atoms with Gasteiger partial charge in [-0.15, -0.1) is 0 Å².